The van der Waals surface area contributed by atoms with E-state index in [0.717, 1.165) is 52.3 Å². The number of nitrogens with one attached hydrogen (secondary N) is 2. The first-order valence-corrected chi connectivity index (χ1v) is 14.6. The summed E-state index contributed by atoms with van der Waals surface area (Å²) in [5.74, 6) is 0. The van der Waals surface area contributed by atoms with Gasteiger partial charge in [-0.3, -0.25) is 14.7 Å². The lowest BCUT2D eigenvalue weighted by molar-refractivity contribution is 0.563. The van der Waals surface area contributed by atoms with E-state index in [1.54, 1.807) is 18.5 Å². The van der Waals surface area contributed by atoms with Crippen LogP contribution in [-0.2, 0) is 16.6 Å². The Labute approximate surface area is 228 Å². The molecule has 2 unspecified atom stereocenters. The summed E-state index contributed by atoms with van der Waals surface area (Å²) in [6.45, 7) is 6.85. The van der Waals surface area contributed by atoms with Gasteiger partial charge in [-0.1, -0.05) is 12.1 Å². The third-order valence-corrected chi connectivity index (χ3v) is 7.78. The number of rotatable bonds is 7. The summed E-state index contributed by atoms with van der Waals surface area (Å²) >= 11 is 5.89. The highest BCUT2D eigenvalue weighted by Gasteiger charge is 2.42. The van der Waals surface area contributed by atoms with Gasteiger partial charge in [0.15, 0.2) is 5.11 Å². The van der Waals surface area contributed by atoms with Gasteiger partial charge in [0.1, 0.15) is 0 Å². The van der Waals surface area contributed by atoms with Crippen LogP contribution in [0.1, 0.15) is 45.9 Å². The van der Waals surface area contributed by atoms with Crippen molar-refractivity contribution in [3.05, 3.63) is 107 Å². The summed E-state index contributed by atoms with van der Waals surface area (Å²) in [7, 11) is -3.39. The van der Waals surface area contributed by atoms with Crippen LogP contribution in [0.3, 0.4) is 0 Å². The Morgan fingerprint density at radius 2 is 1.87 bits per heavy atom. The second-order valence-corrected chi connectivity index (χ2v) is 11.8. The SMILES string of the molecule is Cc1cc(N2C(=S)NC(c3ccccn3)C2c2cc(C)n(Cc3cccnc3)c2C)ccc1NS(C)(=O)=O. The molecule has 10 heteroatoms. The van der Waals surface area contributed by atoms with E-state index in [-0.39, 0.29) is 12.1 Å². The van der Waals surface area contributed by atoms with E-state index < -0.39 is 10.0 Å². The first-order chi connectivity index (χ1) is 18.1. The molecule has 4 aromatic rings. The van der Waals surface area contributed by atoms with Gasteiger partial charge in [-0.25, -0.2) is 8.42 Å². The molecule has 1 fully saturated rings. The van der Waals surface area contributed by atoms with E-state index in [2.05, 4.69) is 55.5 Å². The normalized spacial score (nSPS) is 17.5. The maximum Gasteiger partial charge on any atom is 0.229 e. The minimum absolute atomic E-state index is 0.167. The summed E-state index contributed by atoms with van der Waals surface area (Å²) in [6.07, 6.45) is 6.61. The van der Waals surface area contributed by atoms with Crippen LogP contribution in [0.4, 0.5) is 11.4 Å². The summed E-state index contributed by atoms with van der Waals surface area (Å²) in [6, 6.07) is 17.4. The largest absolute Gasteiger partial charge is 0.351 e. The van der Waals surface area contributed by atoms with E-state index in [1.807, 2.05) is 49.5 Å². The highest BCUT2D eigenvalue weighted by molar-refractivity contribution is 7.92. The molecule has 0 bridgehead atoms. The summed E-state index contributed by atoms with van der Waals surface area (Å²) < 4.78 is 28.5. The fourth-order valence-corrected chi connectivity index (χ4v) is 6.08. The number of anilines is 2. The number of thiocarbonyl (C=S) groups is 1. The van der Waals surface area contributed by atoms with E-state index >= 15 is 0 Å². The third kappa shape index (κ3) is 5.14. The van der Waals surface area contributed by atoms with Crippen molar-refractivity contribution in [1.82, 2.24) is 19.9 Å². The smallest absolute Gasteiger partial charge is 0.229 e. The number of pyridine rings is 2. The Kier molecular flexibility index (Phi) is 6.93. The average Bonchev–Trinajstić information content (AvgIpc) is 3.36. The van der Waals surface area contributed by atoms with Gasteiger partial charge in [0.25, 0.3) is 0 Å². The van der Waals surface area contributed by atoms with Gasteiger partial charge in [0.2, 0.25) is 10.0 Å². The van der Waals surface area contributed by atoms with E-state index in [4.69, 9.17) is 12.2 Å². The number of aryl methyl sites for hydroxylation is 2. The second kappa shape index (κ2) is 10.2. The van der Waals surface area contributed by atoms with Gasteiger partial charge in [0, 0.05) is 42.2 Å². The zero-order valence-electron chi connectivity index (χ0n) is 21.7. The average molecular weight is 547 g/mol. The monoisotopic (exact) mass is 546 g/mol. The van der Waals surface area contributed by atoms with Gasteiger partial charge in [-0.05, 0) is 92.1 Å². The van der Waals surface area contributed by atoms with Crippen LogP contribution in [0.2, 0.25) is 0 Å². The third-order valence-electron chi connectivity index (χ3n) is 6.88. The maximum atomic E-state index is 11.8. The molecule has 196 valence electrons. The molecule has 0 amide bonds. The standard InChI is InChI=1S/C28H30N6O2S2/c1-18-14-22(10-11-24(18)32-38(4,35)36)34-27(26(31-28(34)37)25-9-5-6-13-30-25)23-15-19(2)33(20(23)3)17-21-8-7-12-29-16-21/h5-16,26-27,32H,17H2,1-4H3,(H,31,37). The summed E-state index contributed by atoms with van der Waals surface area (Å²) in [5.41, 5.74) is 7.67. The maximum absolute atomic E-state index is 11.8. The van der Waals surface area contributed by atoms with Crippen LogP contribution in [0, 0.1) is 20.8 Å². The quantitative estimate of drug-likeness (QED) is 0.322. The molecular formula is C28H30N6O2S2. The Morgan fingerprint density at radius 1 is 1.05 bits per heavy atom. The van der Waals surface area contributed by atoms with Crippen molar-refractivity contribution in [2.75, 3.05) is 15.9 Å². The molecule has 0 spiro atoms. The highest BCUT2D eigenvalue weighted by atomic mass is 32.2. The number of sulfonamides is 1. The van der Waals surface area contributed by atoms with E-state index in [0.29, 0.717) is 10.8 Å². The zero-order valence-corrected chi connectivity index (χ0v) is 23.3. The van der Waals surface area contributed by atoms with E-state index in [1.165, 1.54) is 0 Å². The fraction of sp³-hybridized carbons (Fsp3) is 0.250. The molecule has 1 saturated heterocycles. The number of aromatic nitrogens is 3. The molecule has 5 rings (SSSR count). The van der Waals surface area contributed by atoms with Crippen molar-refractivity contribution in [2.45, 2.75) is 39.4 Å². The van der Waals surface area contributed by atoms with Crippen molar-refractivity contribution < 1.29 is 8.42 Å². The summed E-state index contributed by atoms with van der Waals surface area (Å²) in [4.78, 5) is 11.0. The van der Waals surface area contributed by atoms with E-state index in [9.17, 15) is 8.42 Å². The predicted molar refractivity (Wildman–Crippen MR) is 155 cm³/mol. The number of benzene rings is 1. The van der Waals surface area contributed by atoms with Crippen molar-refractivity contribution in [3.63, 3.8) is 0 Å². The van der Waals surface area contributed by atoms with Gasteiger partial charge in [-0.2, -0.15) is 0 Å². The van der Waals surface area contributed by atoms with Crippen LogP contribution in [0.15, 0.2) is 73.2 Å². The van der Waals surface area contributed by atoms with Crippen molar-refractivity contribution >= 4 is 38.7 Å². The predicted octanol–water partition coefficient (Wildman–Crippen LogP) is 4.80. The zero-order chi connectivity index (χ0) is 27.0. The first kappa shape index (κ1) is 25.9. The highest BCUT2D eigenvalue weighted by Crippen LogP contribution is 2.44. The molecule has 1 aliphatic heterocycles. The molecule has 2 atom stereocenters. The van der Waals surface area contributed by atoms with Crippen LogP contribution in [0.25, 0.3) is 0 Å². The Bertz CT molecular complexity index is 1590. The van der Waals surface area contributed by atoms with Crippen LogP contribution < -0.4 is 14.9 Å². The number of nitrogens with zero attached hydrogens (tertiary/aromatic N) is 4. The van der Waals surface area contributed by atoms with Crippen LogP contribution >= 0.6 is 12.2 Å². The van der Waals surface area contributed by atoms with Gasteiger partial charge in [-0.15, -0.1) is 0 Å². The lowest BCUT2D eigenvalue weighted by Crippen LogP contribution is -2.29. The Hall–Kier alpha value is -3.76. The minimum atomic E-state index is -3.39. The molecule has 0 aliphatic carbocycles. The molecule has 38 heavy (non-hydrogen) atoms. The van der Waals surface area contributed by atoms with Crippen molar-refractivity contribution in [1.29, 1.82) is 0 Å². The molecular weight excluding hydrogens is 516 g/mol. The lowest BCUT2D eigenvalue weighted by Gasteiger charge is -2.29. The molecule has 2 N–H and O–H groups in total. The second-order valence-electron chi connectivity index (χ2n) is 9.64. The molecule has 1 aliphatic rings. The van der Waals surface area contributed by atoms with Crippen LogP contribution in [0.5, 0.6) is 0 Å². The van der Waals surface area contributed by atoms with Gasteiger partial charge < -0.3 is 14.8 Å². The van der Waals surface area contributed by atoms with Gasteiger partial charge >= 0.3 is 0 Å². The molecule has 8 nitrogen and oxygen atoms in total. The topological polar surface area (TPSA) is 92.2 Å². The van der Waals surface area contributed by atoms with Crippen molar-refractivity contribution in [2.24, 2.45) is 0 Å². The molecule has 0 radical (unpaired) electrons. The molecule has 3 aromatic heterocycles. The Balaban J connectivity index is 1.60. The minimum Gasteiger partial charge on any atom is -0.351 e. The molecule has 0 saturated carbocycles. The fourth-order valence-electron chi connectivity index (χ4n) is 5.11. The Morgan fingerprint density at radius 3 is 2.53 bits per heavy atom. The van der Waals surface area contributed by atoms with Crippen molar-refractivity contribution in [3.8, 4) is 0 Å². The van der Waals surface area contributed by atoms with Crippen LogP contribution in [-0.4, -0.2) is 34.3 Å². The molecule has 4 heterocycles. The number of hydrogen-bond donors (Lipinski definition) is 2. The molecule has 1 aromatic carbocycles. The van der Waals surface area contributed by atoms with Gasteiger partial charge in [0.05, 0.1) is 29.7 Å². The summed E-state index contributed by atoms with van der Waals surface area (Å²) in [5, 5.41) is 4.10. The first-order valence-electron chi connectivity index (χ1n) is 12.3. The number of hydrogen-bond acceptors (Lipinski definition) is 5. The lowest BCUT2D eigenvalue weighted by atomic mass is 9.96.